The number of carbonyl (C=O) groups is 4. The molecule has 0 aliphatic carbocycles. The molecule has 0 aromatic heterocycles. The van der Waals surface area contributed by atoms with E-state index in [0.717, 1.165) is 161 Å². The maximum Gasteiger partial charge on any atom is 0.335 e. The van der Waals surface area contributed by atoms with Gasteiger partial charge in [0.15, 0.2) is 24.6 Å². The van der Waals surface area contributed by atoms with E-state index in [1.807, 2.05) is 0 Å². The zero-order valence-corrected chi connectivity index (χ0v) is 49.8. The van der Waals surface area contributed by atoms with Crippen LogP contribution in [0.1, 0.15) is 265 Å². The minimum absolute atomic E-state index is 0.0450. The molecule has 1 fully saturated rings. The molecule has 0 saturated carbocycles. The molecule has 1 aliphatic heterocycles. The fourth-order valence-corrected chi connectivity index (χ4v) is 9.16. The molecule has 3 N–H and O–H groups in total. The fourth-order valence-electron chi connectivity index (χ4n) is 9.16. The molecule has 1 saturated heterocycles. The number of hydrogen-bond acceptors (Lipinski definition) is 11. The van der Waals surface area contributed by atoms with Crippen molar-refractivity contribution in [2.75, 3.05) is 13.2 Å². The molecule has 12 nitrogen and oxygen atoms in total. The van der Waals surface area contributed by atoms with Crippen LogP contribution in [0.15, 0.2) is 85.1 Å². The number of carboxylic acids is 1. The molecule has 0 aromatic carbocycles. The largest absolute Gasteiger partial charge is 0.479 e. The van der Waals surface area contributed by atoms with Crippen molar-refractivity contribution in [3.63, 3.8) is 0 Å². The zero-order valence-electron chi connectivity index (χ0n) is 49.8. The molecule has 0 bridgehead atoms. The van der Waals surface area contributed by atoms with Crippen LogP contribution >= 0.6 is 0 Å². The van der Waals surface area contributed by atoms with Crippen LogP contribution in [-0.4, -0.2) is 89.2 Å². The van der Waals surface area contributed by atoms with E-state index in [9.17, 15) is 34.5 Å². The van der Waals surface area contributed by atoms with Crippen LogP contribution in [0.3, 0.4) is 0 Å². The number of hydrogen-bond donors (Lipinski definition) is 3. The highest BCUT2D eigenvalue weighted by Crippen LogP contribution is 2.26. The first-order valence-electron chi connectivity index (χ1n) is 31.6. The molecule has 0 spiro atoms. The first-order chi connectivity index (χ1) is 38.6. The maximum absolute atomic E-state index is 13.2. The summed E-state index contributed by atoms with van der Waals surface area (Å²) in [6.07, 6.45) is 58.2. The lowest BCUT2D eigenvalue weighted by atomic mass is 9.98. The first kappa shape index (κ1) is 72.9. The summed E-state index contributed by atoms with van der Waals surface area (Å²) in [5.74, 6) is -3.15. The third-order valence-electron chi connectivity index (χ3n) is 13.9. The van der Waals surface area contributed by atoms with Crippen molar-refractivity contribution in [3.8, 4) is 0 Å². The molecule has 0 aromatic rings. The van der Waals surface area contributed by atoms with E-state index in [2.05, 4.69) is 106 Å². The molecular weight excluding hydrogens is 997 g/mol. The number of aliphatic hydroxyl groups excluding tert-OH is 2. The minimum Gasteiger partial charge on any atom is -0.479 e. The maximum atomic E-state index is 13.2. The van der Waals surface area contributed by atoms with Crippen molar-refractivity contribution < 1.29 is 58.2 Å². The van der Waals surface area contributed by atoms with Crippen LogP contribution < -0.4 is 0 Å². The Balaban J connectivity index is 2.68. The summed E-state index contributed by atoms with van der Waals surface area (Å²) in [5.41, 5.74) is 0. The fraction of sp³-hybridized carbons (Fsp3) is 0.731. The van der Waals surface area contributed by atoms with Gasteiger partial charge in [-0.2, -0.15) is 0 Å². The molecule has 1 aliphatic rings. The van der Waals surface area contributed by atoms with E-state index in [1.165, 1.54) is 44.9 Å². The first-order valence-corrected chi connectivity index (χ1v) is 31.6. The number of aliphatic carboxylic acids is 1. The van der Waals surface area contributed by atoms with Gasteiger partial charge in [-0.1, -0.05) is 221 Å². The number of esters is 3. The average molecular weight is 1110 g/mol. The third-order valence-corrected chi connectivity index (χ3v) is 13.9. The highest BCUT2D eigenvalue weighted by molar-refractivity contribution is 5.74. The summed E-state index contributed by atoms with van der Waals surface area (Å²) in [5, 5.41) is 31.6. The Morgan fingerprint density at radius 1 is 0.430 bits per heavy atom. The van der Waals surface area contributed by atoms with Crippen molar-refractivity contribution in [3.05, 3.63) is 85.1 Å². The number of rotatable bonds is 53. The molecule has 1 heterocycles. The van der Waals surface area contributed by atoms with Crippen LogP contribution in [0.5, 0.6) is 0 Å². The predicted octanol–water partition coefficient (Wildman–Crippen LogP) is 16.7. The summed E-state index contributed by atoms with van der Waals surface area (Å²) < 4.78 is 28.5. The van der Waals surface area contributed by atoms with E-state index in [1.54, 1.807) is 0 Å². The topological polar surface area (TPSA) is 175 Å². The monoisotopic (exact) mass is 1110 g/mol. The number of aliphatic hydroxyl groups is 2. The Labute approximate surface area is 480 Å². The van der Waals surface area contributed by atoms with Gasteiger partial charge < -0.3 is 39.0 Å². The van der Waals surface area contributed by atoms with Crippen molar-refractivity contribution >= 4 is 23.9 Å². The van der Waals surface area contributed by atoms with Crippen molar-refractivity contribution in [1.82, 2.24) is 0 Å². The number of unbranched alkanes of at least 4 members (excludes halogenated alkanes) is 25. The summed E-state index contributed by atoms with van der Waals surface area (Å²) in [7, 11) is 0. The Kier molecular flexibility index (Phi) is 50.3. The summed E-state index contributed by atoms with van der Waals surface area (Å²) in [4.78, 5) is 51.3. The normalized spacial score (nSPS) is 18.4. The third kappa shape index (κ3) is 44.3. The number of carbonyl (C=O) groups excluding carboxylic acids is 3. The van der Waals surface area contributed by atoms with E-state index in [0.29, 0.717) is 19.3 Å². The lowest BCUT2D eigenvalue weighted by Crippen LogP contribution is -2.61. The summed E-state index contributed by atoms with van der Waals surface area (Å²) >= 11 is 0. The SMILES string of the molecule is CC/C=C\C/C=C\C/C=C\CCCCCCCCCC(=O)OCC(COC1OC(C(=O)O)C(O)C(O)C1OC(=O)CCCCCCCCC/C=C\C/C=C\C/C=C\CC)OC(=O)CCCCCCC/C=C\CCCCCCCC. The molecule has 12 heteroatoms. The van der Waals surface area contributed by atoms with Crippen LogP contribution in [0.4, 0.5) is 0 Å². The van der Waals surface area contributed by atoms with Crippen molar-refractivity contribution in [2.24, 2.45) is 0 Å². The van der Waals surface area contributed by atoms with Crippen LogP contribution in [0, 0.1) is 0 Å². The van der Waals surface area contributed by atoms with E-state index < -0.39 is 67.3 Å². The molecule has 1 rings (SSSR count). The van der Waals surface area contributed by atoms with E-state index >= 15 is 0 Å². The second-order valence-electron chi connectivity index (χ2n) is 21.3. The van der Waals surface area contributed by atoms with Crippen LogP contribution in [-0.2, 0) is 42.9 Å². The predicted molar refractivity (Wildman–Crippen MR) is 321 cm³/mol. The van der Waals surface area contributed by atoms with Gasteiger partial charge in [-0.05, 0) is 109 Å². The molecular formula is C67H112O12. The van der Waals surface area contributed by atoms with Gasteiger partial charge in [-0.3, -0.25) is 14.4 Å². The molecule has 6 atom stereocenters. The lowest BCUT2D eigenvalue weighted by molar-refractivity contribution is -0.301. The highest BCUT2D eigenvalue weighted by Gasteiger charge is 2.50. The smallest absolute Gasteiger partial charge is 0.335 e. The molecule has 79 heavy (non-hydrogen) atoms. The minimum atomic E-state index is -1.91. The average Bonchev–Trinajstić information content (AvgIpc) is 3.47. The summed E-state index contributed by atoms with van der Waals surface area (Å²) in [6.45, 7) is 5.77. The van der Waals surface area contributed by atoms with Gasteiger partial charge in [0.1, 0.15) is 18.8 Å². The van der Waals surface area contributed by atoms with E-state index in [-0.39, 0.29) is 25.9 Å². The van der Waals surface area contributed by atoms with Gasteiger partial charge in [0, 0.05) is 19.3 Å². The van der Waals surface area contributed by atoms with Gasteiger partial charge in [-0.15, -0.1) is 0 Å². The highest BCUT2D eigenvalue weighted by atomic mass is 16.7. The van der Waals surface area contributed by atoms with Gasteiger partial charge in [0.2, 0.25) is 0 Å². The molecule has 0 amide bonds. The molecule has 6 unspecified atom stereocenters. The van der Waals surface area contributed by atoms with Crippen molar-refractivity contribution in [1.29, 1.82) is 0 Å². The van der Waals surface area contributed by atoms with Gasteiger partial charge in [-0.25, -0.2) is 4.79 Å². The standard InChI is InChI=1S/C67H112O12/c1-4-7-10-13-16-19-22-25-28-30-33-35-38-41-44-47-50-53-59(68)75-56-58(77-60(69)54-51-48-45-42-39-36-32-27-24-21-18-15-12-9-6-3)57-76-67-65(63(72)62(71)64(79-67)66(73)74)78-61(70)55-52-49-46-43-40-37-34-31-29-26-23-20-17-14-11-8-5-2/h7-8,10-11,16-17,19-20,25-29,32,58,62-65,67,71-72H,4-6,9,12-15,18,21-24,30-31,33-57H2,1-3H3,(H,73,74)/b10-7-,11-8-,19-16-,20-17-,28-25-,29-26-,32-27-. The Hall–Kier alpha value is -4.10. The van der Waals surface area contributed by atoms with Gasteiger partial charge >= 0.3 is 23.9 Å². The number of ether oxygens (including phenoxy) is 5. The molecule has 0 radical (unpaired) electrons. The van der Waals surface area contributed by atoms with Crippen molar-refractivity contribution in [2.45, 2.75) is 302 Å². The molecule has 452 valence electrons. The zero-order chi connectivity index (χ0) is 57.5. The number of carboxylic acid groups (broad SMARTS) is 1. The Morgan fingerprint density at radius 2 is 0.797 bits per heavy atom. The second kappa shape index (κ2) is 54.5. The Bertz CT molecular complexity index is 1700. The van der Waals surface area contributed by atoms with Crippen LogP contribution in [0.2, 0.25) is 0 Å². The van der Waals surface area contributed by atoms with Gasteiger partial charge in [0.25, 0.3) is 0 Å². The van der Waals surface area contributed by atoms with Gasteiger partial charge in [0.05, 0.1) is 6.61 Å². The quantitative estimate of drug-likeness (QED) is 0.0228. The van der Waals surface area contributed by atoms with Crippen LogP contribution in [0.25, 0.3) is 0 Å². The van der Waals surface area contributed by atoms with E-state index in [4.69, 9.17) is 23.7 Å². The summed E-state index contributed by atoms with van der Waals surface area (Å²) in [6, 6.07) is 0. The number of allylic oxidation sites excluding steroid dienone is 14. The Morgan fingerprint density at radius 3 is 1.23 bits per heavy atom. The second-order valence-corrected chi connectivity index (χ2v) is 21.3. The lowest BCUT2D eigenvalue weighted by Gasteiger charge is -2.40.